The van der Waals surface area contributed by atoms with Crippen molar-refractivity contribution in [3.05, 3.63) is 58.7 Å². The summed E-state index contributed by atoms with van der Waals surface area (Å²) in [5.41, 5.74) is 4.54. The summed E-state index contributed by atoms with van der Waals surface area (Å²) < 4.78 is 11.7. The second-order valence-electron chi connectivity index (χ2n) is 6.62. The Balaban J connectivity index is 1.84. The van der Waals surface area contributed by atoms with Gasteiger partial charge in [0.25, 0.3) is 5.91 Å². The van der Waals surface area contributed by atoms with Crippen LogP contribution in [-0.2, 0) is 4.79 Å². The van der Waals surface area contributed by atoms with E-state index in [1.165, 1.54) is 11.1 Å². The zero-order valence-electron chi connectivity index (χ0n) is 16.4. The average molecular weight is 355 g/mol. The van der Waals surface area contributed by atoms with Crippen molar-refractivity contribution in [3.63, 3.8) is 0 Å². The van der Waals surface area contributed by atoms with Crippen LogP contribution in [0.5, 0.6) is 11.5 Å². The van der Waals surface area contributed by atoms with Crippen LogP contribution < -0.4 is 14.8 Å². The Bertz CT molecular complexity index is 755. The van der Waals surface area contributed by atoms with E-state index in [0.717, 1.165) is 22.6 Å². The highest BCUT2D eigenvalue weighted by Crippen LogP contribution is 2.21. The maximum Gasteiger partial charge on any atom is 0.261 e. The van der Waals surface area contributed by atoms with Gasteiger partial charge in [0.1, 0.15) is 18.1 Å². The lowest BCUT2D eigenvalue weighted by Gasteiger charge is -2.19. The minimum atomic E-state index is -0.503. The molecular formula is C22H29NO3. The molecule has 0 aliphatic carbocycles. The first-order chi connectivity index (χ1) is 12.4. The fourth-order valence-electron chi connectivity index (χ4n) is 2.74. The molecule has 0 spiro atoms. The number of ether oxygens (including phenoxy) is 2. The van der Waals surface area contributed by atoms with Crippen molar-refractivity contribution in [3.8, 4) is 11.5 Å². The Morgan fingerprint density at radius 2 is 1.81 bits per heavy atom. The highest BCUT2D eigenvalue weighted by Gasteiger charge is 2.18. The Morgan fingerprint density at radius 1 is 1.04 bits per heavy atom. The molecule has 1 amide bonds. The molecule has 0 heterocycles. The number of rotatable bonds is 8. The van der Waals surface area contributed by atoms with Gasteiger partial charge in [0.2, 0.25) is 0 Å². The van der Waals surface area contributed by atoms with Gasteiger partial charge in [0.05, 0.1) is 6.54 Å². The van der Waals surface area contributed by atoms with Gasteiger partial charge >= 0.3 is 0 Å². The molecule has 1 N–H and O–H groups in total. The van der Waals surface area contributed by atoms with Crippen molar-refractivity contribution in [2.24, 2.45) is 0 Å². The molecule has 2 rings (SSSR count). The van der Waals surface area contributed by atoms with Crippen molar-refractivity contribution >= 4 is 5.91 Å². The summed E-state index contributed by atoms with van der Waals surface area (Å²) in [4.78, 5) is 12.4. The van der Waals surface area contributed by atoms with Crippen molar-refractivity contribution in [1.82, 2.24) is 5.32 Å². The van der Waals surface area contributed by atoms with E-state index < -0.39 is 6.10 Å². The molecule has 0 unspecified atom stereocenters. The molecular weight excluding hydrogens is 326 g/mol. The molecule has 0 aliphatic rings. The first kappa shape index (κ1) is 19.8. The van der Waals surface area contributed by atoms with E-state index in [4.69, 9.17) is 9.47 Å². The first-order valence-electron chi connectivity index (χ1n) is 9.13. The third-order valence-corrected chi connectivity index (χ3v) is 4.48. The molecule has 0 bridgehead atoms. The number of carbonyl (C=O) groups excluding carboxylic acids is 1. The zero-order chi connectivity index (χ0) is 19.1. The Kier molecular flexibility index (Phi) is 7.07. The summed E-state index contributed by atoms with van der Waals surface area (Å²) in [5, 5.41) is 2.90. The maximum absolute atomic E-state index is 12.4. The summed E-state index contributed by atoms with van der Waals surface area (Å²) in [6.07, 6.45) is 0.105. The number of aryl methyl sites for hydroxylation is 3. The Labute approximate surface area is 156 Å². The molecule has 0 saturated carbocycles. The van der Waals surface area contributed by atoms with Gasteiger partial charge in [-0.2, -0.15) is 0 Å². The number of carbonyl (C=O) groups is 1. The van der Waals surface area contributed by atoms with Crippen molar-refractivity contribution < 1.29 is 14.3 Å². The van der Waals surface area contributed by atoms with E-state index in [9.17, 15) is 4.79 Å². The molecule has 2 aromatic rings. The first-order valence-corrected chi connectivity index (χ1v) is 9.13. The number of amides is 1. The molecule has 0 fully saturated rings. The highest BCUT2D eigenvalue weighted by atomic mass is 16.5. The molecule has 4 heteroatoms. The molecule has 0 saturated heterocycles. The van der Waals surface area contributed by atoms with E-state index in [-0.39, 0.29) is 5.91 Å². The fourth-order valence-corrected chi connectivity index (χ4v) is 2.74. The van der Waals surface area contributed by atoms with Crippen LogP contribution in [-0.4, -0.2) is 25.2 Å². The fraction of sp³-hybridized carbons (Fsp3) is 0.409. The predicted molar refractivity (Wildman–Crippen MR) is 105 cm³/mol. The van der Waals surface area contributed by atoms with E-state index >= 15 is 0 Å². The number of hydrogen-bond acceptors (Lipinski definition) is 3. The van der Waals surface area contributed by atoms with E-state index in [1.807, 2.05) is 52.0 Å². The van der Waals surface area contributed by atoms with Crippen LogP contribution in [0.4, 0.5) is 0 Å². The third kappa shape index (κ3) is 5.25. The van der Waals surface area contributed by atoms with E-state index in [0.29, 0.717) is 19.6 Å². The molecule has 4 nitrogen and oxygen atoms in total. The summed E-state index contributed by atoms with van der Waals surface area (Å²) >= 11 is 0. The van der Waals surface area contributed by atoms with Crippen molar-refractivity contribution in [2.45, 2.75) is 47.1 Å². The number of nitrogens with one attached hydrogen (secondary N) is 1. The largest absolute Gasteiger partial charge is 0.491 e. The monoisotopic (exact) mass is 355 g/mol. The molecule has 1 atom stereocenters. The summed E-state index contributed by atoms with van der Waals surface area (Å²) in [7, 11) is 0. The summed E-state index contributed by atoms with van der Waals surface area (Å²) in [5.74, 6) is 1.50. The molecule has 26 heavy (non-hydrogen) atoms. The maximum atomic E-state index is 12.4. The van der Waals surface area contributed by atoms with Crippen molar-refractivity contribution in [1.29, 1.82) is 0 Å². The number of hydrogen-bond donors (Lipinski definition) is 1. The van der Waals surface area contributed by atoms with Gasteiger partial charge in [-0.3, -0.25) is 4.79 Å². The molecule has 0 radical (unpaired) electrons. The normalized spacial score (nSPS) is 11.7. The standard InChI is InChI=1S/C22H29NO3/c1-6-19(26-20-11-10-15(2)14-17(20)4)22(24)23-12-13-25-21-9-7-8-16(3)18(21)5/h7-11,14,19H,6,12-13H2,1-5H3,(H,23,24)/t19-/m1/s1. The van der Waals surface area contributed by atoms with Crippen LogP contribution >= 0.6 is 0 Å². The molecule has 140 valence electrons. The lowest BCUT2D eigenvalue weighted by molar-refractivity contribution is -0.128. The van der Waals surface area contributed by atoms with Crippen LogP contribution in [0.1, 0.15) is 35.6 Å². The van der Waals surface area contributed by atoms with Crippen LogP contribution in [0.25, 0.3) is 0 Å². The Morgan fingerprint density at radius 3 is 2.50 bits per heavy atom. The van der Waals surface area contributed by atoms with Gasteiger partial charge in [0, 0.05) is 0 Å². The lowest BCUT2D eigenvalue weighted by atomic mass is 10.1. The van der Waals surface area contributed by atoms with Gasteiger partial charge < -0.3 is 14.8 Å². The van der Waals surface area contributed by atoms with Gasteiger partial charge in [-0.15, -0.1) is 0 Å². The highest BCUT2D eigenvalue weighted by molar-refractivity contribution is 5.81. The molecule has 0 aliphatic heterocycles. The molecule has 2 aromatic carbocycles. The minimum Gasteiger partial charge on any atom is -0.491 e. The van der Waals surface area contributed by atoms with Gasteiger partial charge in [-0.25, -0.2) is 0 Å². The van der Waals surface area contributed by atoms with Crippen LogP contribution in [0.2, 0.25) is 0 Å². The lowest BCUT2D eigenvalue weighted by Crippen LogP contribution is -2.39. The predicted octanol–water partition coefficient (Wildman–Crippen LogP) is 4.27. The van der Waals surface area contributed by atoms with Gasteiger partial charge in [-0.1, -0.05) is 36.8 Å². The smallest absolute Gasteiger partial charge is 0.261 e. The average Bonchev–Trinajstić information content (AvgIpc) is 2.61. The summed E-state index contributed by atoms with van der Waals surface area (Å²) in [6.45, 7) is 10.9. The topological polar surface area (TPSA) is 47.6 Å². The molecule has 0 aromatic heterocycles. The SMILES string of the molecule is CC[C@@H](Oc1ccc(C)cc1C)C(=O)NCCOc1cccc(C)c1C. The third-order valence-electron chi connectivity index (χ3n) is 4.48. The van der Waals surface area contributed by atoms with E-state index in [1.54, 1.807) is 0 Å². The van der Waals surface area contributed by atoms with E-state index in [2.05, 4.69) is 24.4 Å². The second kappa shape index (κ2) is 9.27. The quantitative estimate of drug-likeness (QED) is 0.719. The zero-order valence-corrected chi connectivity index (χ0v) is 16.4. The van der Waals surface area contributed by atoms with Gasteiger partial charge in [0.15, 0.2) is 6.10 Å². The minimum absolute atomic E-state index is 0.114. The van der Waals surface area contributed by atoms with Crippen molar-refractivity contribution in [2.75, 3.05) is 13.2 Å². The summed E-state index contributed by atoms with van der Waals surface area (Å²) in [6, 6.07) is 11.9. The Hall–Kier alpha value is -2.49. The van der Waals surface area contributed by atoms with Gasteiger partial charge in [-0.05, 0) is 62.9 Å². The van der Waals surface area contributed by atoms with Crippen LogP contribution in [0.3, 0.4) is 0 Å². The number of benzene rings is 2. The van der Waals surface area contributed by atoms with Crippen LogP contribution in [0, 0.1) is 27.7 Å². The second-order valence-corrected chi connectivity index (χ2v) is 6.62. The van der Waals surface area contributed by atoms with Crippen LogP contribution in [0.15, 0.2) is 36.4 Å².